The maximum Gasteiger partial charge on any atom is 0.414 e. The third-order valence-corrected chi connectivity index (χ3v) is 5.35. The van der Waals surface area contributed by atoms with E-state index >= 15 is 0 Å². The van der Waals surface area contributed by atoms with Gasteiger partial charge in [-0.05, 0) is 61.0 Å². The number of ether oxygens (including phenoxy) is 3. The molecule has 0 saturated carbocycles. The molecule has 39 heavy (non-hydrogen) atoms. The number of aliphatic carboxylic acids is 2. The number of aromatic nitrogens is 2. The Hall–Kier alpha value is -4.83. The highest BCUT2D eigenvalue weighted by atomic mass is 16.5. The number of nitrogens with zero attached hydrogens (tertiary/aromatic N) is 2. The first kappa shape index (κ1) is 28.7. The minimum atomic E-state index is -1.82. The van der Waals surface area contributed by atoms with E-state index in [9.17, 15) is 0 Å². The molecule has 1 heterocycles. The largest absolute Gasteiger partial charge is 0.494 e. The lowest BCUT2D eigenvalue weighted by molar-refractivity contribution is -0.159. The number of imidazole rings is 1. The van der Waals surface area contributed by atoms with Gasteiger partial charge in [0.15, 0.2) is 0 Å². The zero-order valence-corrected chi connectivity index (χ0v) is 21.7. The standard InChI is InChI=1S/C27H29N3O3.C2H2O4/c1-3-32-23-14-12-22(13-15-23)26-20-29-27(30(26)16-17-31-2)28-19-21-8-7-11-25(18-21)33-24-9-5-4-6-10-24;3-1(4)2(5)6/h4-15,18,20H,3,16-17,19H2,1-2H3,(H,28,29);(H,3,4)(H,5,6). The second-order valence-electron chi connectivity index (χ2n) is 8.10. The zero-order chi connectivity index (χ0) is 28.0. The molecule has 0 aliphatic heterocycles. The quantitative estimate of drug-likeness (QED) is 0.224. The molecule has 0 aliphatic rings. The van der Waals surface area contributed by atoms with Crippen molar-refractivity contribution in [3.8, 4) is 28.5 Å². The van der Waals surface area contributed by atoms with Crippen molar-refractivity contribution in [1.82, 2.24) is 9.55 Å². The Labute approximate surface area is 226 Å². The highest BCUT2D eigenvalue weighted by Crippen LogP contribution is 2.26. The van der Waals surface area contributed by atoms with Crippen LogP contribution in [0.1, 0.15) is 12.5 Å². The number of hydrogen-bond acceptors (Lipinski definition) is 7. The Morgan fingerprint density at radius 1 is 0.897 bits per heavy atom. The zero-order valence-electron chi connectivity index (χ0n) is 21.7. The number of anilines is 1. The van der Waals surface area contributed by atoms with Gasteiger partial charge in [-0.15, -0.1) is 0 Å². The topological polar surface area (TPSA) is 132 Å². The molecule has 0 fully saturated rings. The first-order valence-corrected chi connectivity index (χ1v) is 12.2. The van der Waals surface area contributed by atoms with Crippen molar-refractivity contribution >= 4 is 17.9 Å². The summed E-state index contributed by atoms with van der Waals surface area (Å²) < 4.78 is 19.0. The predicted octanol–water partition coefficient (Wildman–Crippen LogP) is 5.16. The van der Waals surface area contributed by atoms with Crippen molar-refractivity contribution in [2.75, 3.05) is 25.6 Å². The molecule has 3 N–H and O–H groups in total. The monoisotopic (exact) mass is 533 g/mol. The molecule has 0 atom stereocenters. The average molecular weight is 534 g/mol. The van der Waals surface area contributed by atoms with Gasteiger partial charge in [-0.1, -0.05) is 30.3 Å². The van der Waals surface area contributed by atoms with E-state index in [-0.39, 0.29) is 0 Å². The number of carbonyl (C=O) groups is 2. The fourth-order valence-electron chi connectivity index (χ4n) is 3.57. The van der Waals surface area contributed by atoms with Crippen molar-refractivity contribution < 1.29 is 34.0 Å². The van der Waals surface area contributed by atoms with Crippen LogP contribution in [0.25, 0.3) is 11.3 Å². The molecule has 0 aliphatic carbocycles. The first-order chi connectivity index (χ1) is 18.9. The summed E-state index contributed by atoms with van der Waals surface area (Å²) in [4.78, 5) is 22.8. The van der Waals surface area contributed by atoms with Crippen LogP contribution in [0.4, 0.5) is 5.95 Å². The number of methoxy groups -OCH3 is 1. The van der Waals surface area contributed by atoms with E-state index in [1.54, 1.807) is 7.11 Å². The number of carboxylic acid groups (broad SMARTS) is 2. The summed E-state index contributed by atoms with van der Waals surface area (Å²) in [5.41, 5.74) is 3.21. The van der Waals surface area contributed by atoms with Gasteiger partial charge in [0.2, 0.25) is 5.95 Å². The van der Waals surface area contributed by atoms with E-state index in [0.29, 0.717) is 26.3 Å². The van der Waals surface area contributed by atoms with Gasteiger partial charge in [-0.25, -0.2) is 14.6 Å². The van der Waals surface area contributed by atoms with Crippen LogP contribution >= 0.6 is 0 Å². The number of hydrogen-bond donors (Lipinski definition) is 3. The van der Waals surface area contributed by atoms with Gasteiger partial charge in [0, 0.05) is 25.8 Å². The molecule has 0 radical (unpaired) electrons. The molecule has 3 aromatic carbocycles. The van der Waals surface area contributed by atoms with Crippen molar-refractivity contribution in [2.45, 2.75) is 20.0 Å². The molecule has 0 spiro atoms. The van der Waals surface area contributed by atoms with Crippen LogP contribution in [0.2, 0.25) is 0 Å². The summed E-state index contributed by atoms with van der Waals surface area (Å²) in [7, 11) is 1.71. The summed E-state index contributed by atoms with van der Waals surface area (Å²) in [5, 5.41) is 18.2. The first-order valence-electron chi connectivity index (χ1n) is 12.2. The maximum atomic E-state index is 9.10. The van der Waals surface area contributed by atoms with Gasteiger partial charge in [0.1, 0.15) is 17.2 Å². The molecule has 0 unspecified atom stereocenters. The van der Waals surface area contributed by atoms with Crippen molar-refractivity contribution in [2.24, 2.45) is 0 Å². The lowest BCUT2D eigenvalue weighted by Crippen LogP contribution is -2.11. The second kappa shape index (κ2) is 14.8. The summed E-state index contributed by atoms with van der Waals surface area (Å²) in [6.07, 6.45) is 1.89. The number of para-hydroxylation sites is 1. The molecule has 10 heteroatoms. The predicted molar refractivity (Wildman–Crippen MR) is 146 cm³/mol. The number of rotatable bonds is 11. The van der Waals surface area contributed by atoms with Gasteiger partial charge < -0.3 is 34.3 Å². The maximum absolute atomic E-state index is 9.10. The van der Waals surface area contributed by atoms with Crippen LogP contribution in [0, 0.1) is 0 Å². The van der Waals surface area contributed by atoms with Crippen LogP contribution in [-0.2, 0) is 27.4 Å². The highest BCUT2D eigenvalue weighted by molar-refractivity contribution is 6.27. The van der Waals surface area contributed by atoms with Gasteiger partial charge in [0.05, 0.1) is 25.1 Å². The highest BCUT2D eigenvalue weighted by Gasteiger charge is 2.12. The molecule has 4 aromatic rings. The van der Waals surface area contributed by atoms with E-state index in [4.69, 9.17) is 34.0 Å². The van der Waals surface area contributed by atoms with Gasteiger partial charge >= 0.3 is 11.9 Å². The molecule has 4 rings (SSSR count). The van der Waals surface area contributed by atoms with Gasteiger partial charge in [-0.3, -0.25) is 0 Å². The molecule has 204 valence electrons. The number of nitrogens with one attached hydrogen (secondary N) is 1. The Balaban J connectivity index is 0.000000631. The lowest BCUT2D eigenvalue weighted by atomic mass is 10.1. The molecular weight excluding hydrogens is 502 g/mol. The van der Waals surface area contributed by atoms with E-state index in [1.165, 1.54) is 0 Å². The van der Waals surface area contributed by atoms with Gasteiger partial charge in [-0.2, -0.15) is 0 Å². The molecule has 0 amide bonds. The summed E-state index contributed by atoms with van der Waals surface area (Å²) in [5.74, 6) is -0.369. The average Bonchev–Trinajstić information content (AvgIpc) is 3.35. The van der Waals surface area contributed by atoms with Crippen LogP contribution < -0.4 is 14.8 Å². The van der Waals surface area contributed by atoms with Crippen LogP contribution in [0.3, 0.4) is 0 Å². The van der Waals surface area contributed by atoms with Crippen molar-refractivity contribution in [1.29, 1.82) is 0 Å². The van der Waals surface area contributed by atoms with Crippen LogP contribution in [-0.4, -0.2) is 52.0 Å². The fraction of sp³-hybridized carbons (Fsp3) is 0.207. The third-order valence-electron chi connectivity index (χ3n) is 5.35. The summed E-state index contributed by atoms with van der Waals surface area (Å²) in [6, 6.07) is 25.9. The second-order valence-corrected chi connectivity index (χ2v) is 8.10. The van der Waals surface area contributed by atoms with Crippen molar-refractivity contribution in [3.05, 3.63) is 90.6 Å². The Morgan fingerprint density at radius 2 is 1.59 bits per heavy atom. The molecule has 1 aromatic heterocycles. The third kappa shape index (κ3) is 8.90. The number of benzene rings is 3. The molecular formula is C29H31N3O7. The smallest absolute Gasteiger partial charge is 0.414 e. The van der Waals surface area contributed by atoms with E-state index < -0.39 is 11.9 Å². The SMILES string of the molecule is CCOc1ccc(-c2cnc(NCc3cccc(Oc4ccccc4)c3)n2CCOC)cc1.O=C(O)C(=O)O. The summed E-state index contributed by atoms with van der Waals surface area (Å²) >= 11 is 0. The molecule has 0 bridgehead atoms. The van der Waals surface area contributed by atoms with Crippen LogP contribution in [0.5, 0.6) is 17.2 Å². The van der Waals surface area contributed by atoms with E-state index in [0.717, 1.165) is 40.0 Å². The molecule has 0 saturated heterocycles. The Morgan fingerprint density at radius 3 is 2.23 bits per heavy atom. The minimum Gasteiger partial charge on any atom is -0.494 e. The van der Waals surface area contributed by atoms with Gasteiger partial charge in [0.25, 0.3) is 0 Å². The normalized spacial score (nSPS) is 10.2. The Kier molecular flexibility index (Phi) is 10.9. The Bertz CT molecular complexity index is 1330. The molecule has 10 nitrogen and oxygen atoms in total. The van der Waals surface area contributed by atoms with Crippen molar-refractivity contribution in [3.63, 3.8) is 0 Å². The van der Waals surface area contributed by atoms with Crippen LogP contribution in [0.15, 0.2) is 85.1 Å². The minimum absolute atomic E-state index is 0.593. The number of carboxylic acids is 2. The summed E-state index contributed by atoms with van der Waals surface area (Å²) in [6.45, 7) is 4.54. The lowest BCUT2D eigenvalue weighted by Gasteiger charge is -2.14. The fourth-order valence-corrected chi connectivity index (χ4v) is 3.57. The van der Waals surface area contributed by atoms with E-state index in [1.807, 2.05) is 73.8 Å². The van der Waals surface area contributed by atoms with E-state index in [2.05, 4.69) is 33.1 Å².